The van der Waals surface area contributed by atoms with E-state index >= 15 is 0 Å². The molecule has 1 amide bonds. The first-order valence-electron chi connectivity index (χ1n) is 5.68. The van der Waals surface area contributed by atoms with Crippen molar-refractivity contribution in [1.82, 2.24) is 10.8 Å². The van der Waals surface area contributed by atoms with Crippen molar-refractivity contribution in [2.45, 2.75) is 12.6 Å². The number of carbonyl (C=O) groups excluding carboxylic acids is 1. The summed E-state index contributed by atoms with van der Waals surface area (Å²) in [6.07, 6.45) is -0.0938. The van der Waals surface area contributed by atoms with Crippen LogP contribution in [0.2, 0.25) is 0 Å². The van der Waals surface area contributed by atoms with Gasteiger partial charge < -0.3 is 14.8 Å². The second-order valence-corrected chi connectivity index (χ2v) is 4.09. The Morgan fingerprint density at radius 2 is 2.50 bits per heavy atom. The van der Waals surface area contributed by atoms with Crippen LogP contribution in [0.15, 0.2) is 18.2 Å². The Bertz CT molecular complexity index is 436. The molecule has 0 saturated carbocycles. The largest absolute Gasteiger partial charge is 0.486 e. The maximum absolute atomic E-state index is 11.3. The van der Waals surface area contributed by atoms with E-state index in [0.29, 0.717) is 31.0 Å². The molecule has 6 nitrogen and oxygen atoms in total. The Kier molecular flexibility index (Phi) is 4.14. The predicted octanol–water partition coefficient (Wildman–Crippen LogP) is 0.303. The third kappa shape index (κ3) is 2.79. The van der Waals surface area contributed by atoms with Gasteiger partial charge in [0.25, 0.3) is 5.91 Å². The third-order valence-electron chi connectivity index (χ3n) is 2.76. The Hall–Kier alpha value is -1.63. The minimum Gasteiger partial charge on any atom is -0.486 e. The molecular formula is C12H16N2O4. The van der Waals surface area contributed by atoms with Crippen LogP contribution >= 0.6 is 0 Å². The monoisotopic (exact) mass is 252 g/mol. The van der Waals surface area contributed by atoms with Crippen molar-refractivity contribution in [2.75, 3.05) is 20.3 Å². The normalized spacial score (nSPS) is 18.4. The lowest BCUT2D eigenvalue weighted by Gasteiger charge is -2.16. The minimum absolute atomic E-state index is 0.0938. The van der Waals surface area contributed by atoms with Crippen LogP contribution in [0.3, 0.4) is 0 Å². The number of rotatable bonds is 3. The summed E-state index contributed by atoms with van der Waals surface area (Å²) in [4.78, 5) is 11.3. The zero-order valence-electron chi connectivity index (χ0n) is 10.1. The fourth-order valence-electron chi connectivity index (χ4n) is 1.88. The van der Waals surface area contributed by atoms with Gasteiger partial charge in [0.15, 0.2) is 0 Å². The molecule has 1 aliphatic rings. The summed E-state index contributed by atoms with van der Waals surface area (Å²) in [7, 11) is 1.62. The van der Waals surface area contributed by atoms with Gasteiger partial charge in [-0.05, 0) is 12.1 Å². The number of carbonyl (C=O) groups is 1. The Labute approximate surface area is 105 Å². The van der Waals surface area contributed by atoms with Crippen LogP contribution in [-0.2, 0) is 11.3 Å². The quantitative estimate of drug-likeness (QED) is 0.532. The molecule has 18 heavy (non-hydrogen) atoms. The van der Waals surface area contributed by atoms with E-state index in [1.165, 1.54) is 0 Å². The molecule has 1 atom stereocenters. The number of fused-ring (bicyclic) bond motifs is 1. The van der Waals surface area contributed by atoms with Gasteiger partial charge in [0, 0.05) is 31.3 Å². The van der Waals surface area contributed by atoms with Crippen molar-refractivity contribution in [3.8, 4) is 5.75 Å². The second kappa shape index (κ2) is 5.81. The predicted molar refractivity (Wildman–Crippen MR) is 63.7 cm³/mol. The summed E-state index contributed by atoms with van der Waals surface area (Å²) < 4.78 is 10.8. The summed E-state index contributed by atoms with van der Waals surface area (Å²) in [5.41, 5.74) is 2.94. The molecule has 0 bridgehead atoms. The number of methoxy groups -OCH3 is 1. The van der Waals surface area contributed by atoms with E-state index < -0.39 is 5.91 Å². The van der Waals surface area contributed by atoms with Crippen LogP contribution in [-0.4, -0.2) is 37.5 Å². The lowest BCUT2D eigenvalue weighted by Crippen LogP contribution is -2.32. The van der Waals surface area contributed by atoms with E-state index in [1.54, 1.807) is 24.7 Å². The van der Waals surface area contributed by atoms with Gasteiger partial charge in [-0.25, -0.2) is 5.48 Å². The third-order valence-corrected chi connectivity index (χ3v) is 2.76. The summed E-state index contributed by atoms with van der Waals surface area (Å²) in [5, 5.41) is 11.9. The van der Waals surface area contributed by atoms with Crippen molar-refractivity contribution in [1.29, 1.82) is 0 Å². The number of hydroxylamine groups is 1. The molecule has 1 heterocycles. The van der Waals surface area contributed by atoms with Gasteiger partial charge in [0.1, 0.15) is 11.9 Å². The van der Waals surface area contributed by atoms with Crippen LogP contribution in [0.25, 0.3) is 0 Å². The van der Waals surface area contributed by atoms with E-state index in [4.69, 9.17) is 14.7 Å². The molecular weight excluding hydrogens is 236 g/mol. The Morgan fingerprint density at radius 1 is 1.67 bits per heavy atom. The number of nitrogens with one attached hydrogen (secondary N) is 2. The van der Waals surface area contributed by atoms with E-state index in [1.807, 2.05) is 6.07 Å². The van der Waals surface area contributed by atoms with Gasteiger partial charge in [0.2, 0.25) is 0 Å². The molecule has 1 aromatic carbocycles. The summed E-state index contributed by atoms with van der Waals surface area (Å²) in [6.45, 7) is 1.84. The zero-order valence-corrected chi connectivity index (χ0v) is 10.1. The molecule has 1 aromatic rings. The topological polar surface area (TPSA) is 79.8 Å². The number of amides is 1. The number of benzene rings is 1. The van der Waals surface area contributed by atoms with Crippen LogP contribution in [0.4, 0.5) is 0 Å². The number of hydrogen-bond donors (Lipinski definition) is 3. The van der Waals surface area contributed by atoms with Crippen molar-refractivity contribution in [3.05, 3.63) is 29.3 Å². The van der Waals surface area contributed by atoms with Crippen LogP contribution < -0.4 is 15.5 Å². The highest BCUT2D eigenvalue weighted by atomic mass is 16.5. The van der Waals surface area contributed by atoms with Gasteiger partial charge in [-0.1, -0.05) is 6.07 Å². The van der Waals surface area contributed by atoms with E-state index in [-0.39, 0.29) is 6.10 Å². The van der Waals surface area contributed by atoms with Gasteiger partial charge in [0.05, 0.1) is 6.61 Å². The first-order valence-corrected chi connectivity index (χ1v) is 5.68. The molecule has 0 fully saturated rings. The second-order valence-electron chi connectivity index (χ2n) is 4.09. The van der Waals surface area contributed by atoms with Crippen LogP contribution in [0, 0.1) is 0 Å². The van der Waals surface area contributed by atoms with E-state index in [2.05, 4.69) is 5.32 Å². The highest BCUT2D eigenvalue weighted by Crippen LogP contribution is 2.23. The minimum atomic E-state index is -0.554. The highest BCUT2D eigenvalue weighted by Gasteiger charge is 2.18. The number of hydrogen-bond acceptors (Lipinski definition) is 5. The van der Waals surface area contributed by atoms with Gasteiger partial charge in [-0.2, -0.15) is 0 Å². The maximum Gasteiger partial charge on any atom is 0.274 e. The summed E-state index contributed by atoms with van der Waals surface area (Å²) in [6, 6.07) is 5.07. The molecule has 0 aliphatic carbocycles. The van der Waals surface area contributed by atoms with Crippen molar-refractivity contribution in [3.63, 3.8) is 0 Å². The molecule has 0 aromatic heterocycles. The van der Waals surface area contributed by atoms with Crippen molar-refractivity contribution < 1.29 is 19.5 Å². The van der Waals surface area contributed by atoms with E-state index in [0.717, 1.165) is 5.56 Å². The van der Waals surface area contributed by atoms with Crippen LogP contribution in [0.1, 0.15) is 15.9 Å². The van der Waals surface area contributed by atoms with E-state index in [9.17, 15) is 4.79 Å². The Morgan fingerprint density at radius 3 is 3.22 bits per heavy atom. The lowest BCUT2D eigenvalue weighted by molar-refractivity contribution is 0.0703. The average molecular weight is 252 g/mol. The SMILES string of the molecule is COC[C@@H]1CNCc2ccc(C(=O)NO)cc2O1. The highest BCUT2D eigenvalue weighted by molar-refractivity contribution is 5.93. The van der Waals surface area contributed by atoms with Crippen molar-refractivity contribution in [2.24, 2.45) is 0 Å². The summed E-state index contributed by atoms with van der Waals surface area (Å²) in [5.74, 6) is 0.0880. The fourth-order valence-corrected chi connectivity index (χ4v) is 1.88. The molecule has 6 heteroatoms. The maximum atomic E-state index is 11.3. The molecule has 0 radical (unpaired) electrons. The average Bonchev–Trinajstić information content (AvgIpc) is 2.59. The van der Waals surface area contributed by atoms with Crippen molar-refractivity contribution >= 4 is 5.91 Å². The molecule has 2 rings (SSSR count). The first-order chi connectivity index (χ1) is 8.74. The molecule has 1 aliphatic heterocycles. The lowest BCUT2D eigenvalue weighted by atomic mass is 10.1. The first kappa shape index (κ1) is 12.8. The Balaban J connectivity index is 2.24. The number of ether oxygens (including phenoxy) is 2. The standard InChI is InChI=1S/C12H16N2O4/c1-17-7-10-6-13-5-9-3-2-8(12(15)14-16)4-11(9)18-10/h2-4,10,13,16H,5-7H2,1H3,(H,14,15)/t10-/m0/s1. The van der Waals surface area contributed by atoms with Gasteiger partial charge in [-0.3, -0.25) is 10.0 Å². The molecule has 0 spiro atoms. The molecule has 3 N–H and O–H groups in total. The molecule has 0 unspecified atom stereocenters. The van der Waals surface area contributed by atoms with Gasteiger partial charge in [-0.15, -0.1) is 0 Å². The smallest absolute Gasteiger partial charge is 0.274 e. The van der Waals surface area contributed by atoms with Crippen LogP contribution in [0.5, 0.6) is 5.75 Å². The van der Waals surface area contributed by atoms with Gasteiger partial charge >= 0.3 is 0 Å². The molecule has 98 valence electrons. The molecule has 0 saturated heterocycles. The summed E-state index contributed by atoms with van der Waals surface area (Å²) >= 11 is 0. The zero-order chi connectivity index (χ0) is 13.0. The fraction of sp³-hybridized carbons (Fsp3) is 0.417.